The second-order valence-corrected chi connectivity index (χ2v) is 3.68. The van der Waals surface area contributed by atoms with Crippen LogP contribution in [0.5, 0.6) is 0 Å². The van der Waals surface area contributed by atoms with Gasteiger partial charge in [-0.25, -0.2) is 4.79 Å². The van der Waals surface area contributed by atoms with E-state index in [9.17, 15) is 9.59 Å². The Bertz CT molecular complexity index is 221. The predicted molar refractivity (Wildman–Crippen MR) is 49.0 cm³/mol. The van der Waals surface area contributed by atoms with Gasteiger partial charge in [-0.1, -0.05) is 6.92 Å². The third-order valence-electron chi connectivity index (χ3n) is 2.05. The summed E-state index contributed by atoms with van der Waals surface area (Å²) in [4.78, 5) is 20.8. The van der Waals surface area contributed by atoms with Crippen molar-refractivity contribution in [3.8, 4) is 0 Å². The maximum atomic E-state index is 10.7. The van der Waals surface area contributed by atoms with Crippen LogP contribution >= 0.6 is 0 Å². The summed E-state index contributed by atoms with van der Waals surface area (Å²) < 4.78 is 9.42. The molecule has 1 unspecified atom stereocenters. The number of ether oxygens (including phenoxy) is 2. The Hall–Kier alpha value is -1.26. The Balaban J connectivity index is 4.13. The molecule has 5 nitrogen and oxygen atoms in total. The first-order valence-corrected chi connectivity index (χ1v) is 4.31. The van der Waals surface area contributed by atoms with Crippen molar-refractivity contribution in [1.82, 2.24) is 0 Å². The van der Waals surface area contributed by atoms with Gasteiger partial charge < -0.3 is 14.6 Å². The smallest absolute Gasteiger partial charge is 0.459 e. The van der Waals surface area contributed by atoms with Crippen molar-refractivity contribution in [3.05, 3.63) is 0 Å². The molecule has 1 atom stereocenters. The summed E-state index contributed by atoms with van der Waals surface area (Å²) in [7, 11) is 0. The van der Waals surface area contributed by atoms with Gasteiger partial charge in [0, 0.05) is 12.8 Å². The van der Waals surface area contributed by atoms with Gasteiger partial charge in [-0.3, -0.25) is 4.79 Å². The van der Waals surface area contributed by atoms with Crippen LogP contribution in [0.3, 0.4) is 0 Å². The SMILES string of the molecule is CC(=O)OC(C)(C)C(C)COC(=O)O. The molecule has 0 aliphatic carbocycles. The molecular weight excluding hydrogens is 188 g/mol. The molecule has 0 saturated heterocycles. The summed E-state index contributed by atoms with van der Waals surface area (Å²) in [5.74, 6) is -0.584. The molecule has 0 aromatic heterocycles. The van der Waals surface area contributed by atoms with Gasteiger partial charge in [-0.05, 0) is 13.8 Å². The van der Waals surface area contributed by atoms with Gasteiger partial charge in [0.25, 0.3) is 0 Å². The summed E-state index contributed by atoms with van der Waals surface area (Å²) in [6.45, 7) is 6.50. The molecule has 1 N–H and O–H groups in total. The summed E-state index contributed by atoms with van der Waals surface area (Å²) in [6, 6.07) is 0. The fourth-order valence-electron chi connectivity index (χ4n) is 0.868. The average Bonchev–Trinajstić information content (AvgIpc) is 1.97. The number of esters is 1. The number of hydrogen-bond acceptors (Lipinski definition) is 4. The largest absolute Gasteiger partial charge is 0.505 e. The molecule has 0 heterocycles. The highest BCUT2D eigenvalue weighted by Gasteiger charge is 2.29. The minimum atomic E-state index is -1.32. The van der Waals surface area contributed by atoms with E-state index in [4.69, 9.17) is 9.84 Å². The Morgan fingerprint density at radius 2 is 1.93 bits per heavy atom. The summed E-state index contributed by atoms with van der Waals surface area (Å²) in [5.41, 5.74) is -0.721. The molecule has 5 heteroatoms. The Labute approximate surface area is 83.0 Å². The van der Waals surface area contributed by atoms with Gasteiger partial charge in [-0.2, -0.15) is 0 Å². The van der Waals surface area contributed by atoms with Crippen molar-refractivity contribution in [1.29, 1.82) is 0 Å². The lowest BCUT2D eigenvalue weighted by Crippen LogP contribution is -2.37. The minimum absolute atomic E-state index is 0.00954. The van der Waals surface area contributed by atoms with Gasteiger partial charge in [0.15, 0.2) is 0 Å². The van der Waals surface area contributed by atoms with E-state index < -0.39 is 17.7 Å². The van der Waals surface area contributed by atoms with E-state index in [2.05, 4.69) is 4.74 Å². The van der Waals surface area contributed by atoms with Gasteiger partial charge in [0.2, 0.25) is 0 Å². The molecule has 14 heavy (non-hydrogen) atoms. The zero-order valence-electron chi connectivity index (χ0n) is 8.86. The van der Waals surface area contributed by atoms with E-state index in [1.165, 1.54) is 6.92 Å². The number of rotatable bonds is 4. The molecular formula is C9H16O5. The Kier molecular flexibility index (Phi) is 4.40. The lowest BCUT2D eigenvalue weighted by Gasteiger charge is -2.30. The predicted octanol–water partition coefficient (Wildman–Crippen LogP) is 1.66. The standard InChI is InChI=1S/C9H16O5/c1-6(5-13-8(11)12)9(3,4)14-7(2)10/h6H,5H2,1-4H3,(H,11,12). The molecule has 0 aromatic carbocycles. The second kappa shape index (κ2) is 4.83. The first-order valence-electron chi connectivity index (χ1n) is 4.31. The highest BCUT2D eigenvalue weighted by Crippen LogP contribution is 2.21. The van der Waals surface area contributed by atoms with Crippen molar-refractivity contribution in [3.63, 3.8) is 0 Å². The maximum Gasteiger partial charge on any atom is 0.505 e. The molecule has 0 aromatic rings. The summed E-state index contributed by atoms with van der Waals surface area (Å²) in [6.07, 6.45) is -1.32. The van der Waals surface area contributed by atoms with Gasteiger partial charge in [0.1, 0.15) is 12.2 Å². The molecule has 0 spiro atoms. The number of carboxylic acid groups (broad SMARTS) is 1. The molecule has 0 saturated carbocycles. The monoisotopic (exact) mass is 204 g/mol. The van der Waals surface area contributed by atoms with Crippen molar-refractivity contribution < 1.29 is 24.2 Å². The third kappa shape index (κ3) is 4.69. The van der Waals surface area contributed by atoms with Crippen LogP contribution in [0.1, 0.15) is 27.7 Å². The molecule has 0 fully saturated rings. The second-order valence-electron chi connectivity index (χ2n) is 3.68. The lowest BCUT2D eigenvalue weighted by molar-refractivity contribution is -0.159. The van der Waals surface area contributed by atoms with E-state index in [0.29, 0.717) is 0 Å². The van der Waals surface area contributed by atoms with E-state index in [0.717, 1.165) is 0 Å². The van der Waals surface area contributed by atoms with Crippen LogP contribution in [0.15, 0.2) is 0 Å². The topological polar surface area (TPSA) is 72.8 Å². The lowest BCUT2D eigenvalue weighted by atomic mass is 9.93. The number of carbonyl (C=O) groups excluding carboxylic acids is 1. The number of hydrogen-bond donors (Lipinski definition) is 1. The first kappa shape index (κ1) is 12.7. The van der Waals surface area contributed by atoms with Crippen LogP contribution in [0.4, 0.5) is 4.79 Å². The average molecular weight is 204 g/mol. The molecule has 82 valence electrons. The quantitative estimate of drug-likeness (QED) is 0.705. The van der Waals surface area contributed by atoms with E-state index in [1.54, 1.807) is 20.8 Å². The maximum absolute atomic E-state index is 10.7. The Morgan fingerprint density at radius 3 is 2.29 bits per heavy atom. The van der Waals surface area contributed by atoms with Crippen molar-refractivity contribution in [2.45, 2.75) is 33.3 Å². The van der Waals surface area contributed by atoms with Crippen molar-refractivity contribution >= 4 is 12.1 Å². The summed E-state index contributed by atoms with van der Waals surface area (Å²) >= 11 is 0. The van der Waals surface area contributed by atoms with Gasteiger partial charge in [-0.15, -0.1) is 0 Å². The highest BCUT2D eigenvalue weighted by molar-refractivity contribution is 5.66. The zero-order valence-corrected chi connectivity index (χ0v) is 8.86. The molecule has 0 aliphatic rings. The fraction of sp³-hybridized carbons (Fsp3) is 0.778. The third-order valence-corrected chi connectivity index (χ3v) is 2.05. The molecule has 0 amide bonds. The number of carbonyl (C=O) groups is 2. The van der Waals surface area contributed by atoms with Crippen LogP contribution in [0, 0.1) is 5.92 Å². The van der Waals surface area contributed by atoms with Gasteiger partial charge >= 0.3 is 12.1 Å². The molecule has 0 aliphatic heterocycles. The summed E-state index contributed by atoms with van der Waals surface area (Å²) in [5, 5.41) is 8.28. The van der Waals surface area contributed by atoms with Crippen molar-refractivity contribution in [2.75, 3.05) is 6.61 Å². The molecule has 0 bridgehead atoms. The normalized spacial score (nSPS) is 13.1. The first-order chi connectivity index (χ1) is 6.25. The van der Waals surface area contributed by atoms with Crippen LogP contribution in [0.25, 0.3) is 0 Å². The van der Waals surface area contributed by atoms with Crippen LogP contribution in [-0.4, -0.2) is 29.4 Å². The fourth-order valence-corrected chi connectivity index (χ4v) is 0.868. The highest BCUT2D eigenvalue weighted by atomic mass is 16.7. The van der Waals surface area contributed by atoms with Crippen LogP contribution in [-0.2, 0) is 14.3 Å². The van der Waals surface area contributed by atoms with E-state index in [-0.39, 0.29) is 12.5 Å². The van der Waals surface area contributed by atoms with E-state index in [1.807, 2.05) is 0 Å². The minimum Gasteiger partial charge on any atom is -0.459 e. The molecule has 0 rings (SSSR count). The van der Waals surface area contributed by atoms with Crippen LogP contribution in [0.2, 0.25) is 0 Å². The molecule has 0 radical (unpaired) electrons. The van der Waals surface area contributed by atoms with Crippen LogP contribution < -0.4 is 0 Å². The van der Waals surface area contributed by atoms with E-state index >= 15 is 0 Å². The van der Waals surface area contributed by atoms with Gasteiger partial charge in [0.05, 0.1) is 0 Å². The Morgan fingerprint density at radius 1 is 1.43 bits per heavy atom. The van der Waals surface area contributed by atoms with Crippen molar-refractivity contribution in [2.24, 2.45) is 5.92 Å². The zero-order chi connectivity index (χ0) is 11.4.